The fraction of sp³-hybridized carbons (Fsp3) is 0.462. The van der Waals surface area contributed by atoms with E-state index in [1.54, 1.807) is 13.0 Å². The van der Waals surface area contributed by atoms with Gasteiger partial charge in [-0.2, -0.15) is 0 Å². The van der Waals surface area contributed by atoms with Crippen LogP contribution < -0.4 is 5.32 Å². The average Bonchev–Trinajstić information content (AvgIpc) is 3.00. The zero-order valence-corrected chi connectivity index (χ0v) is 14.6. The van der Waals surface area contributed by atoms with E-state index in [0.717, 1.165) is 0 Å². The fourth-order valence-electron chi connectivity index (χ4n) is 2.36. The molecule has 0 unspecified atom stereocenters. The van der Waals surface area contributed by atoms with Gasteiger partial charge in [0.15, 0.2) is 20.6 Å². The van der Waals surface area contributed by atoms with Crippen molar-refractivity contribution in [3.8, 4) is 0 Å². The fourth-order valence-corrected chi connectivity index (χ4v) is 5.01. The lowest BCUT2D eigenvalue weighted by Crippen LogP contribution is -2.39. The molecule has 3 rings (SSSR count). The molecule has 7 nitrogen and oxygen atoms in total. The van der Waals surface area contributed by atoms with E-state index in [4.69, 9.17) is 11.6 Å². The van der Waals surface area contributed by atoms with E-state index < -0.39 is 15.1 Å². The number of fused-ring (bicyclic) bond motifs is 1. The molecule has 1 aliphatic rings. The highest BCUT2D eigenvalue weighted by Crippen LogP contribution is 2.24. The molecule has 0 bridgehead atoms. The van der Waals surface area contributed by atoms with Gasteiger partial charge in [0.25, 0.3) is 0 Å². The summed E-state index contributed by atoms with van der Waals surface area (Å²) in [5.74, 6) is -0.0536. The first-order valence-corrected chi connectivity index (χ1v) is 10.1. The second-order valence-electron chi connectivity index (χ2n) is 5.44. The van der Waals surface area contributed by atoms with E-state index in [1.165, 1.54) is 18.0 Å². The van der Waals surface area contributed by atoms with Crippen molar-refractivity contribution in [3.05, 3.63) is 17.3 Å². The Labute approximate surface area is 142 Å². The first-order valence-electron chi connectivity index (χ1n) is 7.01. The molecule has 0 aromatic carbocycles. The summed E-state index contributed by atoms with van der Waals surface area (Å²) in [5.41, 5.74) is 1.24. The predicted molar refractivity (Wildman–Crippen MR) is 89.4 cm³/mol. The average molecular weight is 375 g/mol. The molecule has 1 fully saturated rings. The Morgan fingerprint density at radius 1 is 1.57 bits per heavy atom. The van der Waals surface area contributed by atoms with Gasteiger partial charge in [0.1, 0.15) is 0 Å². The Morgan fingerprint density at radius 2 is 2.35 bits per heavy atom. The number of halogens is 1. The third kappa shape index (κ3) is 3.96. The number of nitrogens with zero attached hydrogens (tertiary/aromatic N) is 2. The molecule has 3 heterocycles. The predicted octanol–water partition coefficient (Wildman–Crippen LogP) is 1.40. The molecule has 2 atom stereocenters. The summed E-state index contributed by atoms with van der Waals surface area (Å²) in [6, 6.07) is 1.42. The van der Waals surface area contributed by atoms with Crippen LogP contribution in [-0.4, -0.2) is 52.1 Å². The number of carbonyl (C=O) groups is 1. The monoisotopic (exact) mass is 374 g/mol. The van der Waals surface area contributed by atoms with Gasteiger partial charge < -0.3 is 10.3 Å². The molecule has 1 saturated heterocycles. The van der Waals surface area contributed by atoms with Crippen LogP contribution >= 0.6 is 23.4 Å². The minimum absolute atomic E-state index is 0.0170. The number of H-pyrrole nitrogens is 1. The minimum Gasteiger partial charge on any atom is -0.351 e. The van der Waals surface area contributed by atoms with E-state index in [0.29, 0.717) is 27.8 Å². The van der Waals surface area contributed by atoms with Gasteiger partial charge in [0, 0.05) is 12.2 Å². The molecule has 2 N–H and O–H groups in total. The SMILES string of the molecule is C[C@@H](Sc1nc2ncc(Cl)cc2[nH]1)C(=O)N[C@H]1CCS(=O)(=O)C1. The van der Waals surface area contributed by atoms with Crippen LogP contribution in [0.4, 0.5) is 0 Å². The number of aromatic nitrogens is 3. The van der Waals surface area contributed by atoms with Crippen LogP contribution in [0.3, 0.4) is 0 Å². The second-order valence-corrected chi connectivity index (χ2v) is 9.43. The summed E-state index contributed by atoms with van der Waals surface area (Å²) in [5, 5.41) is 3.44. The van der Waals surface area contributed by atoms with E-state index in [9.17, 15) is 13.2 Å². The van der Waals surface area contributed by atoms with Crippen LogP contribution in [0.5, 0.6) is 0 Å². The molecule has 2 aromatic rings. The normalized spacial score (nSPS) is 21.4. The van der Waals surface area contributed by atoms with Gasteiger partial charge in [-0.3, -0.25) is 4.79 Å². The van der Waals surface area contributed by atoms with Crippen LogP contribution in [0.1, 0.15) is 13.3 Å². The first-order chi connectivity index (χ1) is 10.8. The van der Waals surface area contributed by atoms with Crippen LogP contribution in [0, 0.1) is 0 Å². The van der Waals surface area contributed by atoms with E-state index >= 15 is 0 Å². The van der Waals surface area contributed by atoms with Crippen molar-refractivity contribution in [2.24, 2.45) is 0 Å². The van der Waals surface area contributed by atoms with Crippen molar-refractivity contribution in [2.45, 2.75) is 29.8 Å². The highest BCUT2D eigenvalue weighted by Gasteiger charge is 2.30. The summed E-state index contributed by atoms with van der Waals surface area (Å²) in [7, 11) is -3.01. The van der Waals surface area contributed by atoms with Gasteiger partial charge in [-0.15, -0.1) is 0 Å². The van der Waals surface area contributed by atoms with Crippen molar-refractivity contribution in [1.29, 1.82) is 0 Å². The summed E-state index contributed by atoms with van der Waals surface area (Å²) < 4.78 is 22.8. The van der Waals surface area contributed by atoms with E-state index in [-0.39, 0.29) is 23.5 Å². The van der Waals surface area contributed by atoms with Crippen molar-refractivity contribution < 1.29 is 13.2 Å². The second kappa shape index (κ2) is 6.29. The van der Waals surface area contributed by atoms with Crippen LogP contribution in [0.2, 0.25) is 5.02 Å². The number of carbonyl (C=O) groups excluding carboxylic acids is 1. The topological polar surface area (TPSA) is 105 Å². The zero-order valence-electron chi connectivity index (χ0n) is 12.2. The lowest BCUT2D eigenvalue weighted by atomic mass is 10.2. The molecule has 2 aromatic heterocycles. The molecular weight excluding hydrogens is 360 g/mol. The molecule has 23 heavy (non-hydrogen) atoms. The maximum atomic E-state index is 12.2. The van der Waals surface area contributed by atoms with Gasteiger partial charge in [0.2, 0.25) is 5.91 Å². The van der Waals surface area contributed by atoms with Crippen molar-refractivity contribution in [2.75, 3.05) is 11.5 Å². The standard InChI is InChI=1S/C13H15ClN4O3S2/c1-7(12(19)16-9-2-3-23(20,21)6-9)22-13-17-10-4-8(14)5-15-11(10)18-13/h4-5,7,9H,2-3,6H2,1H3,(H,16,19)(H,15,17,18)/t7-,9+/m1/s1. The zero-order chi connectivity index (χ0) is 16.6. The van der Waals surface area contributed by atoms with Crippen molar-refractivity contribution in [1.82, 2.24) is 20.3 Å². The Balaban J connectivity index is 1.63. The number of hydrogen-bond acceptors (Lipinski definition) is 6. The van der Waals surface area contributed by atoms with Crippen LogP contribution in [0.25, 0.3) is 11.2 Å². The summed E-state index contributed by atoms with van der Waals surface area (Å²) in [4.78, 5) is 23.6. The Morgan fingerprint density at radius 3 is 3.04 bits per heavy atom. The molecule has 10 heteroatoms. The third-order valence-corrected chi connectivity index (χ3v) is 6.48. The number of nitrogens with one attached hydrogen (secondary N) is 2. The van der Waals surface area contributed by atoms with Gasteiger partial charge in [0.05, 0.1) is 27.3 Å². The molecule has 0 spiro atoms. The number of sulfone groups is 1. The number of pyridine rings is 1. The summed E-state index contributed by atoms with van der Waals surface area (Å²) >= 11 is 7.13. The third-order valence-electron chi connectivity index (χ3n) is 3.52. The minimum atomic E-state index is -3.01. The lowest BCUT2D eigenvalue weighted by molar-refractivity contribution is -0.120. The highest BCUT2D eigenvalue weighted by molar-refractivity contribution is 8.00. The summed E-state index contributed by atoms with van der Waals surface area (Å²) in [6.45, 7) is 1.75. The lowest BCUT2D eigenvalue weighted by Gasteiger charge is -2.14. The maximum Gasteiger partial charge on any atom is 0.233 e. The Kier molecular flexibility index (Phi) is 4.52. The summed E-state index contributed by atoms with van der Waals surface area (Å²) in [6.07, 6.45) is 1.98. The van der Waals surface area contributed by atoms with Crippen LogP contribution in [-0.2, 0) is 14.6 Å². The number of thioether (sulfide) groups is 1. The molecule has 0 aliphatic carbocycles. The quantitative estimate of drug-likeness (QED) is 0.783. The number of rotatable bonds is 4. The van der Waals surface area contributed by atoms with E-state index in [2.05, 4.69) is 20.3 Å². The Bertz CT molecular complexity index is 852. The molecule has 124 valence electrons. The van der Waals surface area contributed by atoms with Crippen molar-refractivity contribution >= 4 is 50.3 Å². The molecule has 0 radical (unpaired) electrons. The number of amides is 1. The molecule has 1 aliphatic heterocycles. The van der Waals surface area contributed by atoms with Crippen LogP contribution in [0.15, 0.2) is 17.4 Å². The van der Waals surface area contributed by atoms with Gasteiger partial charge >= 0.3 is 0 Å². The highest BCUT2D eigenvalue weighted by atomic mass is 35.5. The number of aromatic amines is 1. The molecule has 0 saturated carbocycles. The number of hydrogen-bond donors (Lipinski definition) is 2. The van der Waals surface area contributed by atoms with Gasteiger partial charge in [-0.25, -0.2) is 18.4 Å². The smallest absolute Gasteiger partial charge is 0.233 e. The Hall–Kier alpha value is -1.32. The largest absolute Gasteiger partial charge is 0.351 e. The molecular formula is C13H15ClN4O3S2. The van der Waals surface area contributed by atoms with Crippen molar-refractivity contribution in [3.63, 3.8) is 0 Å². The van der Waals surface area contributed by atoms with Gasteiger partial charge in [-0.05, 0) is 19.4 Å². The first kappa shape index (κ1) is 16.5. The number of imidazole rings is 1. The molecule has 1 amide bonds. The van der Waals surface area contributed by atoms with Gasteiger partial charge in [-0.1, -0.05) is 23.4 Å². The maximum absolute atomic E-state index is 12.2. The van der Waals surface area contributed by atoms with E-state index in [1.807, 2.05) is 0 Å².